The van der Waals surface area contributed by atoms with Crippen molar-refractivity contribution in [1.82, 2.24) is 14.9 Å². The van der Waals surface area contributed by atoms with Crippen molar-refractivity contribution >= 4 is 27.8 Å². The first kappa shape index (κ1) is 11.4. The van der Waals surface area contributed by atoms with Gasteiger partial charge in [0.15, 0.2) is 5.65 Å². The molecule has 5 nitrogen and oxygen atoms in total. The van der Waals surface area contributed by atoms with E-state index in [0.717, 1.165) is 33.8 Å². The molecule has 0 spiro atoms. The molecule has 1 atom stereocenters. The summed E-state index contributed by atoms with van der Waals surface area (Å²) in [4.78, 5) is 21.4. The second-order valence-electron chi connectivity index (χ2n) is 4.52. The molecule has 1 aliphatic rings. The van der Waals surface area contributed by atoms with Gasteiger partial charge in [-0.2, -0.15) is 0 Å². The van der Waals surface area contributed by atoms with Crippen molar-refractivity contribution in [2.45, 2.75) is 25.8 Å². The Labute approximate surface area is 108 Å². The summed E-state index contributed by atoms with van der Waals surface area (Å²) in [6.07, 6.45) is 2.68. The summed E-state index contributed by atoms with van der Waals surface area (Å²) in [5, 5.41) is 10.0. The van der Waals surface area contributed by atoms with Crippen molar-refractivity contribution in [2.24, 2.45) is 0 Å². The number of aryl methyl sites for hydroxylation is 1. The van der Waals surface area contributed by atoms with Crippen LogP contribution in [0.1, 0.15) is 29.5 Å². The molecule has 1 aliphatic heterocycles. The minimum Gasteiger partial charge on any atom is -0.465 e. The van der Waals surface area contributed by atoms with Crippen LogP contribution in [0.3, 0.4) is 0 Å². The third-order valence-corrected chi connectivity index (χ3v) is 4.28. The zero-order chi connectivity index (χ0) is 12.7. The quantitative estimate of drug-likeness (QED) is 0.859. The lowest BCUT2D eigenvalue weighted by Crippen LogP contribution is -2.28. The average Bonchev–Trinajstić information content (AvgIpc) is 2.93. The zero-order valence-electron chi connectivity index (χ0n) is 9.96. The first-order chi connectivity index (χ1) is 8.65. The van der Waals surface area contributed by atoms with E-state index in [0.29, 0.717) is 6.54 Å². The molecule has 18 heavy (non-hydrogen) atoms. The van der Waals surface area contributed by atoms with Crippen molar-refractivity contribution in [3.05, 3.63) is 22.8 Å². The summed E-state index contributed by atoms with van der Waals surface area (Å²) in [6, 6.07) is 1.95. The summed E-state index contributed by atoms with van der Waals surface area (Å²) in [6.45, 7) is 2.59. The molecular formula is C12H13N3O2S. The van der Waals surface area contributed by atoms with Crippen molar-refractivity contribution in [3.8, 4) is 0 Å². The Kier molecular flexibility index (Phi) is 2.66. The standard InChI is InChI=1S/C12H13N3O2S/c1-7-5-9-10(13-6-7)14-11(18-9)8-3-2-4-15(8)12(16)17/h5-6,8H,2-4H2,1H3,(H,16,17). The van der Waals surface area contributed by atoms with E-state index < -0.39 is 6.09 Å². The number of carboxylic acid groups (broad SMARTS) is 1. The van der Waals surface area contributed by atoms with Crippen molar-refractivity contribution in [2.75, 3.05) is 6.54 Å². The molecule has 0 aromatic carbocycles. The third kappa shape index (κ3) is 1.82. The molecule has 1 fully saturated rings. The van der Waals surface area contributed by atoms with Crippen LogP contribution in [0, 0.1) is 6.92 Å². The van der Waals surface area contributed by atoms with Gasteiger partial charge in [0, 0.05) is 12.7 Å². The summed E-state index contributed by atoms with van der Waals surface area (Å²) < 4.78 is 1.03. The average molecular weight is 263 g/mol. The van der Waals surface area contributed by atoms with Gasteiger partial charge in [0.1, 0.15) is 5.01 Å². The minimum absolute atomic E-state index is 0.0954. The van der Waals surface area contributed by atoms with Gasteiger partial charge < -0.3 is 5.11 Å². The Balaban J connectivity index is 2.01. The molecule has 94 valence electrons. The smallest absolute Gasteiger partial charge is 0.407 e. The Morgan fingerprint density at radius 2 is 2.44 bits per heavy atom. The van der Waals surface area contributed by atoms with Gasteiger partial charge in [-0.3, -0.25) is 4.90 Å². The molecule has 0 radical (unpaired) electrons. The number of fused-ring (bicyclic) bond motifs is 1. The fraction of sp³-hybridized carbons (Fsp3) is 0.417. The fourth-order valence-electron chi connectivity index (χ4n) is 2.33. The van der Waals surface area contributed by atoms with Crippen LogP contribution >= 0.6 is 11.3 Å². The molecular weight excluding hydrogens is 250 g/mol. The molecule has 2 aromatic rings. The first-order valence-corrected chi connectivity index (χ1v) is 6.69. The summed E-state index contributed by atoms with van der Waals surface area (Å²) in [7, 11) is 0. The van der Waals surface area contributed by atoms with Gasteiger partial charge in [-0.1, -0.05) is 0 Å². The topological polar surface area (TPSA) is 66.3 Å². The lowest BCUT2D eigenvalue weighted by molar-refractivity contribution is 0.140. The molecule has 2 aromatic heterocycles. The van der Waals surface area contributed by atoms with E-state index in [9.17, 15) is 4.79 Å². The van der Waals surface area contributed by atoms with Crippen molar-refractivity contribution in [1.29, 1.82) is 0 Å². The molecule has 0 bridgehead atoms. The van der Waals surface area contributed by atoms with E-state index in [2.05, 4.69) is 9.97 Å². The van der Waals surface area contributed by atoms with Crippen LogP contribution in [0.25, 0.3) is 10.3 Å². The van der Waals surface area contributed by atoms with Crippen LogP contribution in [-0.2, 0) is 0 Å². The van der Waals surface area contributed by atoms with Gasteiger partial charge in [0.2, 0.25) is 0 Å². The minimum atomic E-state index is -0.860. The summed E-state index contributed by atoms with van der Waals surface area (Å²) in [5.41, 5.74) is 1.82. The lowest BCUT2D eigenvalue weighted by atomic mass is 10.2. The maximum Gasteiger partial charge on any atom is 0.407 e. The van der Waals surface area contributed by atoms with E-state index in [-0.39, 0.29) is 6.04 Å². The Hall–Kier alpha value is -1.69. The van der Waals surface area contributed by atoms with E-state index in [4.69, 9.17) is 5.11 Å². The first-order valence-electron chi connectivity index (χ1n) is 5.88. The van der Waals surface area contributed by atoms with Gasteiger partial charge in [0.25, 0.3) is 0 Å². The molecule has 0 aliphatic carbocycles. The number of hydrogen-bond donors (Lipinski definition) is 1. The molecule has 1 unspecified atom stereocenters. The van der Waals surface area contributed by atoms with E-state index in [1.165, 1.54) is 4.90 Å². The van der Waals surface area contributed by atoms with Crippen LogP contribution in [0.2, 0.25) is 0 Å². The number of nitrogens with zero attached hydrogens (tertiary/aromatic N) is 3. The second kappa shape index (κ2) is 4.20. The van der Waals surface area contributed by atoms with E-state index in [1.54, 1.807) is 17.5 Å². The molecule has 1 N–H and O–H groups in total. The highest BCUT2D eigenvalue weighted by molar-refractivity contribution is 7.18. The number of hydrogen-bond acceptors (Lipinski definition) is 4. The monoisotopic (exact) mass is 263 g/mol. The Bertz CT molecular complexity index is 610. The van der Waals surface area contributed by atoms with E-state index >= 15 is 0 Å². The second-order valence-corrected chi connectivity index (χ2v) is 5.58. The molecule has 3 heterocycles. The van der Waals surface area contributed by atoms with Gasteiger partial charge in [0.05, 0.1) is 10.7 Å². The predicted molar refractivity (Wildman–Crippen MR) is 68.9 cm³/mol. The molecule has 6 heteroatoms. The number of pyridine rings is 1. The molecule has 1 saturated heterocycles. The lowest BCUT2D eigenvalue weighted by Gasteiger charge is -2.18. The van der Waals surface area contributed by atoms with Crippen LogP contribution in [0.15, 0.2) is 12.3 Å². The van der Waals surface area contributed by atoms with Crippen molar-refractivity contribution < 1.29 is 9.90 Å². The van der Waals surface area contributed by atoms with Gasteiger partial charge in [-0.05, 0) is 31.4 Å². The van der Waals surface area contributed by atoms with Crippen LogP contribution < -0.4 is 0 Å². The third-order valence-electron chi connectivity index (χ3n) is 3.18. The van der Waals surface area contributed by atoms with E-state index in [1.807, 2.05) is 13.0 Å². The highest BCUT2D eigenvalue weighted by Gasteiger charge is 2.32. The van der Waals surface area contributed by atoms with Crippen LogP contribution in [0.4, 0.5) is 4.79 Å². The number of aromatic nitrogens is 2. The van der Waals surface area contributed by atoms with Crippen molar-refractivity contribution in [3.63, 3.8) is 0 Å². The summed E-state index contributed by atoms with van der Waals surface area (Å²) in [5.74, 6) is 0. The maximum atomic E-state index is 11.1. The zero-order valence-corrected chi connectivity index (χ0v) is 10.8. The Morgan fingerprint density at radius 1 is 1.61 bits per heavy atom. The highest BCUT2D eigenvalue weighted by atomic mass is 32.1. The van der Waals surface area contributed by atoms with Crippen LogP contribution in [-0.4, -0.2) is 32.6 Å². The number of amides is 1. The van der Waals surface area contributed by atoms with Gasteiger partial charge >= 0.3 is 6.09 Å². The molecule has 0 saturated carbocycles. The van der Waals surface area contributed by atoms with Crippen LogP contribution in [0.5, 0.6) is 0 Å². The number of rotatable bonds is 1. The number of thiazole rings is 1. The fourth-order valence-corrected chi connectivity index (χ4v) is 3.50. The predicted octanol–water partition coefficient (Wildman–Crippen LogP) is 2.81. The number of carbonyl (C=O) groups is 1. The van der Waals surface area contributed by atoms with Gasteiger partial charge in [-0.25, -0.2) is 14.8 Å². The number of likely N-dealkylation sites (tertiary alicyclic amines) is 1. The molecule has 1 amide bonds. The highest BCUT2D eigenvalue weighted by Crippen LogP contribution is 2.36. The SMILES string of the molecule is Cc1cnc2nc(C3CCCN3C(=O)O)sc2c1. The Morgan fingerprint density at radius 3 is 3.22 bits per heavy atom. The normalized spacial score (nSPS) is 19.6. The maximum absolute atomic E-state index is 11.1. The summed E-state index contributed by atoms with van der Waals surface area (Å²) >= 11 is 1.55. The molecule has 3 rings (SSSR count). The largest absolute Gasteiger partial charge is 0.465 e. The van der Waals surface area contributed by atoms with Gasteiger partial charge in [-0.15, -0.1) is 11.3 Å².